The second kappa shape index (κ2) is 5.55. The summed E-state index contributed by atoms with van der Waals surface area (Å²) in [5, 5.41) is 2.68. The lowest BCUT2D eigenvalue weighted by Gasteiger charge is -2.14. The van der Waals surface area contributed by atoms with Gasteiger partial charge in [-0.05, 0) is 25.1 Å². The molecule has 0 bridgehead atoms. The van der Waals surface area contributed by atoms with Crippen molar-refractivity contribution in [2.45, 2.75) is 17.9 Å². The van der Waals surface area contributed by atoms with Crippen LogP contribution in [0, 0.1) is 0 Å². The van der Waals surface area contributed by atoms with Crippen LogP contribution in [0.2, 0.25) is 5.02 Å². The summed E-state index contributed by atoms with van der Waals surface area (Å²) in [5.74, 6) is -0.439. The number of rotatable bonds is 4. The molecule has 0 saturated carbocycles. The summed E-state index contributed by atoms with van der Waals surface area (Å²) >= 11 is 5.69. The van der Waals surface area contributed by atoms with Gasteiger partial charge in [0.05, 0.1) is 11.7 Å². The first-order chi connectivity index (χ1) is 8.27. The molecule has 1 unspecified atom stereocenters. The van der Waals surface area contributed by atoms with Crippen LogP contribution in [-0.4, -0.2) is 27.4 Å². The van der Waals surface area contributed by atoms with E-state index in [0.29, 0.717) is 5.02 Å². The fourth-order valence-corrected chi connectivity index (χ4v) is 2.83. The van der Waals surface area contributed by atoms with Crippen LogP contribution in [0.5, 0.6) is 0 Å². The van der Waals surface area contributed by atoms with Crippen LogP contribution in [0.1, 0.15) is 6.92 Å². The van der Waals surface area contributed by atoms with Crippen LogP contribution in [-0.2, 0) is 14.8 Å². The van der Waals surface area contributed by atoms with E-state index in [1.54, 1.807) is 0 Å². The van der Waals surface area contributed by atoms with E-state index < -0.39 is 22.0 Å². The van der Waals surface area contributed by atoms with Crippen molar-refractivity contribution in [3.05, 3.63) is 23.2 Å². The van der Waals surface area contributed by atoms with E-state index in [0.717, 1.165) is 0 Å². The van der Waals surface area contributed by atoms with Crippen molar-refractivity contribution in [1.29, 1.82) is 0 Å². The fourth-order valence-electron chi connectivity index (χ4n) is 1.33. The predicted octanol–water partition coefficient (Wildman–Crippen LogP) is 0.335. The molecule has 100 valence electrons. The van der Waals surface area contributed by atoms with Gasteiger partial charge in [-0.2, -0.15) is 4.72 Å². The van der Waals surface area contributed by atoms with Crippen molar-refractivity contribution in [2.75, 3.05) is 12.8 Å². The minimum Gasteiger partial charge on any atom is -0.398 e. The second-order valence-electron chi connectivity index (χ2n) is 3.64. The molecule has 8 heteroatoms. The molecule has 0 saturated heterocycles. The lowest BCUT2D eigenvalue weighted by molar-refractivity contribution is -0.121. The number of likely N-dealkylation sites (N-methyl/N-ethyl adjacent to an activating group) is 1. The zero-order chi connectivity index (χ0) is 13.9. The van der Waals surface area contributed by atoms with E-state index in [9.17, 15) is 13.2 Å². The highest BCUT2D eigenvalue weighted by atomic mass is 35.5. The lowest BCUT2D eigenvalue weighted by atomic mass is 10.3. The first-order valence-corrected chi connectivity index (χ1v) is 6.93. The molecular formula is C10H14ClN3O3S. The lowest BCUT2D eigenvalue weighted by Crippen LogP contribution is -2.43. The molecule has 1 rings (SSSR count). The summed E-state index contributed by atoms with van der Waals surface area (Å²) in [7, 11) is -2.44. The first kappa shape index (κ1) is 14.7. The van der Waals surface area contributed by atoms with Gasteiger partial charge in [0, 0.05) is 12.1 Å². The number of benzene rings is 1. The third-order valence-corrected chi connectivity index (χ3v) is 4.08. The Morgan fingerprint density at radius 3 is 2.56 bits per heavy atom. The van der Waals surface area contributed by atoms with Crippen LogP contribution in [0.3, 0.4) is 0 Å². The molecule has 0 spiro atoms. The number of hydrogen-bond acceptors (Lipinski definition) is 4. The van der Waals surface area contributed by atoms with Gasteiger partial charge in [0.1, 0.15) is 4.90 Å². The summed E-state index contributed by atoms with van der Waals surface area (Å²) in [6.45, 7) is 1.43. The van der Waals surface area contributed by atoms with Gasteiger partial charge in [0.25, 0.3) is 0 Å². The Kier molecular flexibility index (Phi) is 4.55. The van der Waals surface area contributed by atoms with Gasteiger partial charge in [0.2, 0.25) is 15.9 Å². The average Bonchev–Trinajstić information content (AvgIpc) is 2.26. The molecule has 6 nitrogen and oxygen atoms in total. The number of halogens is 1. The highest BCUT2D eigenvalue weighted by Gasteiger charge is 2.23. The molecule has 0 heterocycles. The number of sulfonamides is 1. The molecule has 1 amide bonds. The zero-order valence-corrected chi connectivity index (χ0v) is 11.5. The van der Waals surface area contributed by atoms with E-state index in [1.807, 2.05) is 0 Å². The smallest absolute Gasteiger partial charge is 0.243 e. The topological polar surface area (TPSA) is 101 Å². The van der Waals surface area contributed by atoms with Gasteiger partial charge in [-0.25, -0.2) is 8.42 Å². The summed E-state index contributed by atoms with van der Waals surface area (Å²) < 4.78 is 26.2. The highest BCUT2D eigenvalue weighted by molar-refractivity contribution is 7.89. The van der Waals surface area contributed by atoms with E-state index in [2.05, 4.69) is 10.0 Å². The molecule has 1 aromatic rings. The normalized spacial score (nSPS) is 13.1. The predicted molar refractivity (Wildman–Crippen MR) is 69.7 cm³/mol. The molecule has 0 aliphatic carbocycles. The number of nitrogens with two attached hydrogens (primary N) is 1. The highest BCUT2D eigenvalue weighted by Crippen LogP contribution is 2.22. The molecule has 18 heavy (non-hydrogen) atoms. The maximum Gasteiger partial charge on any atom is 0.243 e. The molecule has 0 radical (unpaired) electrons. The molecule has 0 aliphatic rings. The van der Waals surface area contributed by atoms with Gasteiger partial charge in [-0.3, -0.25) is 4.79 Å². The molecule has 0 aromatic heterocycles. The van der Waals surface area contributed by atoms with Gasteiger partial charge in [-0.1, -0.05) is 11.6 Å². The van der Waals surface area contributed by atoms with Crippen molar-refractivity contribution in [2.24, 2.45) is 0 Å². The summed E-state index contributed by atoms with van der Waals surface area (Å²) in [5.41, 5.74) is 5.61. The first-order valence-electron chi connectivity index (χ1n) is 5.07. The monoisotopic (exact) mass is 291 g/mol. The number of nitrogens with one attached hydrogen (secondary N) is 2. The van der Waals surface area contributed by atoms with Crippen LogP contribution >= 0.6 is 11.6 Å². The summed E-state index contributed by atoms with van der Waals surface area (Å²) in [4.78, 5) is 11.2. The minimum atomic E-state index is -3.86. The number of hydrogen-bond donors (Lipinski definition) is 3. The molecule has 1 aromatic carbocycles. The quantitative estimate of drug-likeness (QED) is 0.696. The van der Waals surface area contributed by atoms with Crippen LogP contribution in [0.4, 0.5) is 5.69 Å². The number of carbonyl (C=O) groups excluding carboxylic acids is 1. The van der Waals surface area contributed by atoms with Gasteiger partial charge >= 0.3 is 0 Å². The van der Waals surface area contributed by atoms with Gasteiger partial charge < -0.3 is 11.1 Å². The van der Waals surface area contributed by atoms with Crippen LogP contribution < -0.4 is 15.8 Å². The molecular weight excluding hydrogens is 278 g/mol. The molecule has 4 N–H and O–H groups in total. The Balaban J connectivity index is 3.04. The van der Waals surface area contributed by atoms with Crippen molar-refractivity contribution in [1.82, 2.24) is 10.0 Å². The molecule has 0 aliphatic heterocycles. The number of carbonyl (C=O) groups is 1. The number of nitrogen functional groups attached to an aromatic ring is 1. The van der Waals surface area contributed by atoms with E-state index in [-0.39, 0.29) is 10.6 Å². The second-order valence-corrected chi connectivity index (χ2v) is 5.76. The maximum atomic E-state index is 12.0. The Labute approximate surface area is 111 Å². The van der Waals surface area contributed by atoms with Crippen LogP contribution in [0.15, 0.2) is 23.1 Å². The third kappa shape index (κ3) is 3.34. The van der Waals surface area contributed by atoms with Gasteiger partial charge in [0.15, 0.2) is 0 Å². The maximum absolute atomic E-state index is 12.0. The van der Waals surface area contributed by atoms with Crippen molar-refractivity contribution in [3.63, 3.8) is 0 Å². The molecule has 1 atom stereocenters. The Morgan fingerprint density at radius 1 is 1.44 bits per heavy atom. The zero-order valence-electron chi connectivity index (χ0n) is 9.90. The average molecular weight is 292 g/mol. The Morgan fingerprint density at radius 2 is 2.06 bits per heavy atom. The Bertz CT molecular complexity index is 559. The van der Waals surface area contributed by atoms with Crippen molar-refractivity contribution >= 4 is 33.2 Å². The number of amides is 1. The van der Waals surface area contributed by atoms with E-state index >= 15 is 0 Å². The summed E-state index contributed by atoms with van der Waals surface area (Å²) in [6, 6.07) is 3.14. The summed E-state index contributed by atoms with van der Waals surface area (Å²) in [6.07, 6.45) is 0. The van der Waals surface area contributed by atoms with Crippen molar-refractivity contribution < 1.29 is 13.2 Å². The van der Waals surface area contributed by atoms with Crippen molar-refractivity contribution in [3.8, 4) is 0 Å². The van der Waals surface area contributed by atoms with Crippen LogP contribution in [0.25, 0.3) is 0 Å². The largest absolute Gasteiger partial charge is 0.398 e. The number of anilines is 1. The third-order valence-electron chi connectivity index (χ3n) is 2.23. The Hall–Kier alpha value is -1.31. The SMILES string of the molecule is CNC(=O)C(C)NS(=O)(=O)c1ccc(Cl)cc1N. The van der Waals surface area contributed by atoms with E-state index in [1.165, 1.54) is 32.2 Å². The minimum absolute atomic E-state index is 0.0270. The van der Waals surface area contributed by atoms with Gasteiger partial charge in [-0.15, -0.1) is 0 Å². The standard InChI is InChI=1S/C10H14ClN3O3S/c1-6(10(15)13-2)14-18(16,17)9-4-3-7(11)5-8(9)12/h3-6,14H,12H2,1-2H3,(H,13,15). The fraction of sp³-hybridized carbons (Fsp3) is 0.300. The van der Waals surface area contributed by atoms with E-state index in [4.69, 9.17) is 17.3 Å². The molecule has 0 fully saturated rings.